The van der Waals surface area contributed by atoms with Crippen LogP contribution in [0.2, 0.25) is 0 Å². The van der Waals surface area contributed by atoms with Gasteiger partial charge in [-0.2, -0.15) is 0 Å². The molecule has 0 atom stereocenters. The molecule has 0 aliphatic rings. The van der Waals surface area contributed by atoms with Crippen molar-refractivity contribution in [3.8, 4) is 11.3 Å². The van der Waals surface area contributed by atoms with Crippen molar-refractivity contribution in [2.45, 2.75) is 11.9 Å². The van der Waals surface area contributed by atoms with E-state index in [4.69, 9.17) is 0 Å². The number of carbonyl (C=O) groups is 1. The standard InChI is InChI=1S/C19H17N3OS/c1-14-7-9-16(10-8-14)22-18(23)12-24-19-11-17(20-13-21-19)15-5-3-2-4-6-15/h2-11,13H,12H2,1H3,(H,22,23). The first-order valence-electron chi connectivity index (χ1n) is 7.57. The molecular weight excluding hydrogens is 318 g/mol. The van der Waals surface area contributed by atoms with E-state index >= 15 is 0 Å². The number of aromatic nitrogens is 2. The highest BCUT2D eigenvalue weighted by Crippen LogP contribution is 2.22. The Kier molecular flexibility index (Phi) is 5.23. The molecule has 0 spiro atoms. The Morgan fingerprint density at radius 1 is 1.04 bits per heavy atom. The normalized spacial score (nSPS) is 10.4. The molecule has 24 heavy (non-hydrogen) atoms. The molecule has 0 aliphatic carbocycles. The lowest BCUT2D eigenvalue weighted by Gasteiger charge is -2.06. The molecule has 1 amide bonds. The zero-order valence-corrected chi connectivity index (χ0v) is 14.1. The smallest absolute Gasteiger partial charge is 0.234 e. The van der Waals surface area contributed by atoms with Gasteiger partial charge in [0.2, 0.25) is 5.91 Å². The second kappa shape index (κ2) is 7.75. The van der Waals surface area contributed by atoms with Crippen molar-refractivity contribution in [1.82, 2.24) is 9.97 Å². The molecule has 0 unspecified atom stereocenters. The summed E-state index contributed by atoms with van der Waals surface area (Å²) in [5.41, 5.74) is 3.86. The molecule has 3 aromatic rings. The average molecular weight is 335 g/mol. The number of nitrogens with zero attached hydrogens (tertiary/aromatic N) is 2. The van der Waals surface area contributed by atoms with Gasteiger partial charge in [-0.15, -0.1) is 0 Å². The van der Waals surface area contributed by atoms with Crippen LogP contribution in [0, 0.1) is 6.92 Å². The average Bonchev–Trinajstić information content (AvgIpc) is 2.63. The Morgan fingerprint density at radius 3 is 2.54 bits per heavy atom. The van der Waals surface area contributed by atoms with Crippen LogP contribution in [0.3, 0.4) is 0 Å². The number of amides is 1. The van der Waals surface area contributed by atoms with E-state index in [1.165, 1.54) is 18.1 Å². The molecule has 0 saturated heterocycles. The van der Waals surface area contributed by atoms with Crippen LogP contribution in [0.5, 0.6) is 0 Å². The molecule has 1 N–H and O–H groups in total. The van der Waals surface area contributed by atoms with Gasteiger partial charge in [0, 0.05) is 11.3 Å². The van der Waals surface area contributed by atoms with Gasteiger partial charge >= 0.3 is 0 Å². The van der Waals surface area contributed by atoms with Crippen molar-refractivity contribution in [2.75, 3.05) is 11.1 Å². The summed E-state index contributed by atoms with van der Waals surface area (Å²) < 4.78 is 0. The molecule has 5 heteroatoms. The molecule has 1 heterocycles. The fraction of sp³-hybridized carbons (Fsp3) is 0.105. The van der Waals surface area contributed by atoms with E-state index < -0.39 is 0 Å². The molecule has 0 fully saturated rings. The monoisotopic (exact) mass is 335 g/mol. The lowest BCUT2D eigenvalue weighted by molar-refractivity contribution is -0.113. The molecular formula is C19H17N3OS. The predicted molar refractivity (Wildman–Crippen MR) is 98.0 cm³/mol. The minimum Gasteiger partial charge on any atom is -0.325 e. The van der Waals surface area contributed by atoms with E-state index in [9.17, 15) is 4.79 Å². The summed E-state index contributed by atoms with van der Waals surface area (Å²) >= 11 is 1.40. The molecule has 2 aromatic carbocycles. The Balaban J connectivity index is 1.60. The number of nitrogens with one attached hydrogen (secondary N) is 1. The van der Waals surface area contributed by atoms with Crippen LogP contribution in [0.4, 0.5) is 5.69 Å². The summed E-state index contributed by atoms with van der Waals surface area (Å²) in [4.78, 5) is 20.6. The number of anilines is 1. The topological polar surface area (TPSA) is 54.9 Å². The molecule has 1 aromatic heterocycles. The van der Waals surface area contributed by atoms with Crippen LogP contribution >= 0.6 is 11.8 Å². The van der Waals surface area contributed by atoms with Crippen molar-refractivity contribution in [3.05, 3.63) is 72.6 Å². The molecule has 0 saturated carbocycles. The van der Waals surface area contributed by atoms with Crippen LogP contribution in [-0.4, -0.2) is 21.6 Å². The van der Waals surface area contributed by atoms with Gasteiger partial charge in [-0.1, -0.05) is 59.8 Å². The number of aryl methyl sites for hydroxylation is 1. The lowest BCUT2D eigenvalue weighted by atomic mass is 10.1. The van der Waals surface area contributed by atoms with Gasteiger partial charge in [0.25, 0.3) is 0 Å². The summed E-state index contributed by atoms with van der Waals surface area (Å²) in [5, 5.41) is 3.66. The van der Waals surface area contributed by atoms with E-state index in [0.29, 0.717) is 5.75 Å². The van der Waals surface area contributed by atoms with E-state index in [0.717, 1.165) is 27.5 Å². The zero-order chi connectivity index (χ0) is 16.8. The highest BCUT2D eigenvalue weighted by Gasteiger charge is 2.06. The van der Waals surface area contributed by atoms with Gasteiger partial charge < -0.3 is 5.32 Å². The van der Waals surface area contributed by atoms with Crippen molar-refractivity contribution < 1.29 is 4.79 Å². The Morgan fingerprint density at radius 2 is 1.79 bits per heavy atom. The number of rotatable bonds is 5. The minimum absolute atomic E-state index is 0.0521. The summed E-state index contributed by atoms with van der Waals surface area (Å²) in [6, 6.07) is 19.6. The molecule has 0 radical (unpaired) electrons. The van der Waals surface area contributed by atoms with Crippen LogP contribution in [0.1, 0.15) is 5.56 Å². The number of thioether (sulfide) groups is 1. The number of carbonyl (C=O) groups excluding carboxylic acids is 1. The largest absolute Gasteiger partial charge is 0.325 e. The third-order valence-corrected chi connectivity index (χ3v) is 4.32. The number of benzene rings is 2. The fourth-order valence-electron chi connectivity index (χ4n) is 2.16. The quantitative estimate of drug-likeness (QED) is 0.561. The maximum Gasteiger partial charge on any atom is 0.234 e. The Bertz CT molecular complexity index is 820. The van der Waals surface area contributed by atoms with Crippen molar-refractivity contribution in [2.24, 2.45) is 0 Å². The molecule has 0 aliphatic heterocycles. The number of hydrogen-bond acceptors (Lipinski definition) is 4. The van der Waals surface area contributed by atoms with Crippen molar-refractivity contribution in [3.63, 3.8) is 0 Å². The van der Waals surface area contributed by atoms with Crippen LogP contribution in [0.15, 0.2) is 72.0 Å². The predicted octanol–water partition coefficient (Wildman–Crippen LogP) is 4.18. The highest BCUT2D eigenvalue weighted by atomic mass is 32.2. The van der Waals surface area contributed by atoms with Gasteiger partial charge in [0.15, 0.2) is 0 Å². The Hall–Kier alpha value is -2.66. The molecule has 3 rings (SSSR count). The zero-order valence-electron chi connectivity index (χ0n) is 13.3. The Labute approximate surface area is 145 Å². The minimum atomic E-state index is -0.0521. The maximum absolute atomic E-state index is 12.1. The third kappa shape index (κ3) is 4.43. The van der Waals surface area contributed by atoms with E-state index in [1.807, 2.05) is 67.6 Å². The van der Waals surface area contributed by atoms with Gasteiger partial charge in [-0.05, 0) is 25.1 Å². The second-order valence-corrected chi connectivity index (χ2v) is 6.31. The second-order valence-electron chi connectivity index (χ2n) is 5.31. The first-order valence-corrected chi connectivity index (χ1v) is 8.56. The molecule has 0 bridgehead atoms. The van der Waals surface area contributed by atoms with Crippen molar-refractivity contribution >= 4 is 23.4 Å². The fourth-order valence-corrected chi connectivity index (χ4v) is 2.83. The summed E-state index contributed by atoms with van der Waals surface area (Å²) in [5.74, 6) is 0.253. The van der Waals surface area contributed by atoms with Gasteiger partial charge in [-0.3, -0.25) is 4.79 Å². The van der Waals surface area contributed by atoms with Crippen LogP contribution in [-0.2, 0) is 4.79 Å². The van der Waals surface area contributed by atoms with Gasteiger partial charge in [0.05, 0.1) is 11.4 Å². The molecule has 4 nitrogen and oxygen atoms in total. The maximum atomic E-state index is 12.1. The number of hydrogen-bond donors (Lipinski definition) is 1. The highest BCUT2D eigenvalue weighted by molar-refractivity contribution is 7.99. The van der Waals surface area contributed by atoms with E-state index in [1.54, 1.807) is 0 Å². The van der Waals surface area contributed by atoms with Crippen LogP contribution < -0.4 is 5.32 Å². The van der Waals surface area contributed by atoms with Gasteiger partial charge in [-0.25, -0.2) is 9.97 Å². The molecule has 120 valence electrons. The third-order valence-electron chi connectivity index (χ3n) is 3.40. The summed E-state index contributed by atoms with van der Waals surface area (Å²) in [6.07, 6.45) is 1.53. The van der Waals surface area contributed by atoms with Gasteiger partial charge in [0.1, 0.15) is 11.4 Å². The van der Waals surface area contributed by atoms with Crippen molar-refractivity contribution in [1.29, 1.82) is 0 Å². The summed E-state index contributed by atoms with van der Waals surface area (Å²) in [6.45, 7) is 2.01. The first-order chi connectivity index (χ1) is 11.7. The van der Waals surface area contributed by atoms with E-state index in [2.05, 4.69) is 15.3 Å². The lowest BCUT2D eigenvalue weighted by Crippen LogP contribution is -2.14. The van der Waals surface area contributed by atoms with E-state index in [-0.39, 0.29) is 5.91 Å². The van der Waals surface area contributed by atoms with Crippen LogP contribution in [0.25, 0.3) is 11.3 Å². The first kappa shape index (κ1) is 16.2. The SMILES string of the molecule is Cc1ccc(NC(=O)CSc2cc(-c3ccccc3)ncn2)cc1. The summed E-state index contributed by atoms with van der Waals surface area (Å²) in [7, 11) is 0.